The van der Waals surface area contributed by atoms with Crippen molar-refractivity contribution in [1.82, 2.24) is 25.0 Å². The molecule has 0 bridgehead atoms. The van der Waals surface area contributed by atoms with Crippen molar-refractivity contribution in [3.8, 4) is 11.4 Å². The first kappa shape index (κ1) is 19.6. The van der Waals surface area contributed by atoms with E-state index in [4.69, 9.17) is 21.9 Å². The average molecular weight is 414 g/mol. The lowest BCUT2D eigenvalue weighted by Crippen LogP contribution is -2.47. The van der Waals surface area contributed by atoms with E-state index < -0.39 is 0 Å². The average Bonchev–Trinajstić information content (AvgIpc) is 3.17. The molecule has 152 valence electrons. The molecule has 1 saturated heterocycles. The highest BCUT2D eigenvalue weighted by Gasteiger charge is 2.19. The lowest BCUT2D eigenvalue weighted by atomic mass is 10.1. The molecule has 2 aromatic heterocycles. The summed E-state index contributed by atoms with van der Waals surface area (Å²) in [7, 11) is 0. The van der Waals surface area contributed by atoms with E-state index in [1.54, 1.807) is 6.07 Å². The monoisotopic (exact) mass is 413 g/mol. The highest BCUT2D eigenvalue weighted by atomic mass is 35.5. The standard InChI is InChI=1S/C20H24ClN7O/c1-14-4-6-15(7-5-14)19-25-18(29-26-19)3-2-8-27-9-11-28(12-10-27)17-13-16(21)23-20(22)24-17/h4-7,13H,2-3,8-12H2,1H3,(H2,22,23,24). The number of nitrogens with two attached hydrogens (primary N) is 1. The van der Waals surface area contributed by atoms with Gasteiger partial charge in [-0.25, -0.2) is 4.98 Å². The number of aromatic nitrogens is 4. The third-order valence-electron chi connectivity index (χ3n) is 5.04. The summed E-state index contributed by atoms with van der Waals surface area (Å²) in [5, 5.41) is 4.47. The van der Waals surface area contributed by atoms with E-state index in [1.807, 2.05) is 12.1 Å². The molecule has 1 fully saturated rings. The lowest BCUT2D eigenvalue weighted by Gasteiger charge is -2.35. The van der Waals surface area contributed by atoms with E-state index in [1.165, 1.54) is 5.56 Å². The second kappa shape index (κ2) is 8.75. The lowest BCUT2D eigenvalue weighted by molar-refractivity contribution is 0.250. The van der Waals surface area contributed by atoms with Crippen LogP contribution in [0.3, 0.4) is 0 Å². The first-order valence-corrected chi connectivity index (χ1v) is 10.1. The Labute approximate surface area is 174 Å². The number of anilines is 2. The maximum absolute atomic E-state index is 5.98. The van der Waals surface area contributed by atoms with Gasteiger partial charge in [0, 0.05) is 44.2 Å². The summed E-state index contributed by atoms with van der Waals surface area (Å²) in [6.45, 7) is 6.72. The molecule has 0 amide bonds. The van der Waals surface area contributed by atoms with Gasteiger partial charge in [-0.05, 0) is 19.9 Å². The zero-order valence-corrected chi connectivity index (χ0v) is 17.1. The highest BCUT2D eigenvalue weighted by molar-refractivity contribution is 6.29. The number of aryl methyl sites for hydroxylation is 2. The van der Waals surface area contributed by atoms with Gasteiger partial charge in [0.25, 0.3) is 0 Å². The van der Waals surface area contributed by atoms with Crippen molar-refractivity contribution in [3.05, 3.63) is 46.9 Å². The quantitative estimate of drug-likeness (QED) is 0.616. The molecule has 1 aromatic carbocycles. The molecule has 3 aromatic rings. The zero-order valence-electron chi connectivity index (χ0n) is 16.4. The Morgan fingerprint density at radius 3 is 2.55 bits per heavy atom. The predicted octanol–water partition coefficient (Wildman–Crippen LogP) is 2.83. The van der Waals surface area contributed by atoms with Gasteiger partial charge in [0.2, 0.25) is 17.7 Å². The van der Waals surface area contributed by atoms with Crippen molar-refractivity contribution in [3.63, 3.8) is 0 Å². The number of nitrogen functional groups attached to an aromatic ring is 1. The number of hydrogen-bond donors (Lipinski definition) is 1. The Kier molecular flexibility index (Phi) is 5.92. The molecule has 4 rings (SSSR count). The number of rotatable bonds is 6. The fourth-order valence-electron chi connectivity index (χ4n) is 3.42. The number of halogens is 1. The van der Waals surface area contributed by atoms with Crippen LogP contribution in [-0.2, 0) is 6.42 Å². The van der Waals surface area contributed by atoms with Crippen molar-refractivity contribution in [2.75, 3.05) is 43.4 Å². The van der Waals surface area contributed by atoms with Gasteiger partial charge in [-0.1, -0.05) is 46.6 Å². The normalized spacial score (nSPS) is 15.0. The molecule has 0 spiro atoms. The van der Waals surface area contributed by atoms with E-state index in [0.717, 1.165) is 56.9 Å². The third-order valence-corrected chi connectivity index (χ3v) is 5.23. The van der Waals surface area contributed by atoms with Gasteiger partial charge in [-0.15, -0.1) is 0 Å². The minimum absolute atomic E-state index is 0.208. The molecule has 0 atom stereocenters. The van der Waals surface area contributed by atoms with Crippen LogP contribution >= 0.6 is 11.6 Å². The maximum atomic E-state index is 5.98. The Hall–Kier alpha value is -2.71. The summed E-state index contributed by atoms with van der Waals surface area (Å²) in [6, 6.07) is 9.89. The van der Waals surface area contributed by atoms with Gasteiger partial charge in [0.15, 0.2) is 0 Å². The molecule has 2 N–H and O–H groups in total. The van der Waals surface area contributed by atoms with Crippen LogP contribution in [-0.4, -0.2) is 57.7 Å². The minimum Gasteiger partial charge on any atom is -0.368 e. The van der Waals surface area contributed by atoms with E-state index in [-0.39, 0.29) is 5.95 Å². The first-order chi connectivity index (χ1) is 14.1. The second-order valence-electron chi connectivity index (χ2n) is 7.22. The fraction of sp³-hybridized carbons (Fsp3) is 0.400. The topological polar surface area (TPSA) is 97.2 Å². The first-order valence-electron chi connectivity index (χ1n) is 9.74. The minimum atomic E-state index is 0.208. The van der Waals surface area contributed by atoms with E-state index >= 15 is 0 Å². The number of nitrogens with zero attached hydrogens (tertiary/aromatic N) is 6. The summed E-state index contributed by atoms with van der Waals surface area (Å²) in [6.07, 6.45) is 1.75. The van der Waals surface area contributed by atoms with Crippen molar-refractivity contribution < 1.29 is 4.52 Å². The molecule has 9 heteroatoms. The van der Waals surface area contributed by atoms with Gasteiger partial charge in [-0.3, -0.25) is 4.90 Å². The predicted molar refractivity (Wildman–Crippen MR) is 113 cm³/mol. The van der Waals surface area contributed by atoms with Crippen LogP contribution in [0.4, 0.5) is 11.8 Å². The smallest absolute Gasteiger partial charge is 0.227 e. The molecular weight excluding hydrogens is 390 g/mol. The number of piperazine rings is 1. The molecule has 0 saturated carbocycles. The van der Waals surface area contributed by atoms with Crippen LogP contribution in [0.1, 0.15) is 17.9 Å². The van der Waals surface area contributed by atoms with Gasteiger partial charge in [0.05, 0.1) is 0 Å². The molecule has 0 unspecified atom stereocenters. The van der Waals surface area contributed by atoms with E-state index in [9.17, 15) is 0 Å². The summed E-state index contributed by atoms with van der Waals surface area (Å²) in [5.74, 6) is 2.33. The maximum Gasteiger partial charge on any atom is 0.227 e. The van der Waals surface area contributed by atoms with E-state index in [0.29, 0.717) is 16.9 Å². The number of hydrogen-bond acceptors (Lipinski definition) is 8. The second-order valence-corrected chi connectivity index (χ2v) is 7.60. The van der Waals surface area contributed by atoms with Crippen molar-refractivity contribution in [2.24, 2.45) is 0 Å². The van der Waals surface area contributed by atoms with Gasteiger partial charge in [0.1, 0.15) is 11.0 Å². The SMILES string of the molecule is Cc1ccc(-c2noc(CCCN3CCN(c4cc(Cl)nc(N)n4)CC3)n2)cc1. The summed E-state index contributed by atoms with van der Waals surface area (Å²) in [5.41, 5.74) is 7.89. The van der Waals surface area contributed by atoms with Crippen LogP contribution < -0.4 is 10.6 Å². The molecule has 8 nitrogen and oxygen atoms in total. The Morgan fingerprint density at radius 2 is 1.83 bits per heavy atom. The molecule has 3 heterocycles. The van der Waals surface area contributed by atoms with Gasteiger partial charge >= 0.3 is 0 Å². The highest BCUT2D eigenvalue weighted by Crippen LogP contribution is 2.19. The van der Waals surface area contributed by atoms with Crippen LogP contribution in [0, 0.1) is 6.92 Å². The molecule has 0 aliphatic carbocycles. The molecule has 0 radical (unpaired) electrons. The van der Waals surface area contributed by atoms with Crippen LogP contribution in [0.5, 0.6) is 0 Å². The molecule has 29 heavy (non-hydrogen) atoms. The molecular formula is C20H24ClN7O. The van der Waals surface area contributed by atoms with Crippen molar-refractivity contribution >= 4 is 23.4 Å². The Morgan fingerprint density at radius 1 is 1.07 bits per heavy atom. The van der Waals surface area contributed by atoms with Gasteiger partial charge < -0.3 is 15.2 Å². The van der Waals surface area contributed by atoms with Gasteiger partial charge in [-0.2, -0.15) is 9.97 Å². The largest absolute Gasteiger partial charge is 0.368 e. The van der Waals surface area contributed by atoms with Crippen molar-refractivity contribution in [2.45, 2.75) is 19.8 Å². The summed E-state index contributed by atoms with van der Waals surface area (Å²) >= 11 is 5.98. The third kappa shape index (κ3) is 5.02. The Balaban J connectivity index is 1.23. The van der Waals surface area contributed by atoms with Crippen molar-refractivity contribution in [1.29, 1.82) is 0 Å². The van der Waals surface area contributed by atoms with E-state index in [2.05, 4.69) is 49.0 Å². The summed E-state index contributed by atoms with van der Waals surface area (Å²) < 4.78 is 5.41. The summed E-state index contributed by atoms with van der Waals surface area (Å²) in [4.78, 5) is 17.3. The zero-order chi connectivity index (χ0) is 20.2. The Bertz CT molecular complexity index is 931. The van der Waals surface area contributed by atoms with Crippen LogP contribution in [0.15, 0.2) is 34.9 Å². The van der Waals surface area contributed by atoms with Crippen LogP contribution in [0.25, 0.3) is 11.4 Å². The fourth-order valence-corrected chi connectivity index (χ4v) is 3.60. The van der Waals surface area contributed by atoms with Crippen LogP contribution in [0.2, 0.25) is 5.15 Å². The molecule has 1 aliphatic rings. The molecule has 1 aliphatic heterocycles. The number of benzene rings is 1.